The van der Waals surface area contributed by atoms with Gasteiger partial charge in [-0.1, -0.05) is 20.8 Å². The SMILES string of the molecule is CC.CCC1CN1C(C)C. The fourth-order valence-corrected chi connectivity index (χ4v) is 1.19. The largest absolute Gasteiger partial charge is 0.295 e. The fourth-order valence-electron chi connectivity index (χ4n) is 1.19. The van der Waals surface area contributed by atoms with Gasteiger partial charge in [-0.15, -0.1) is 0 Å². The molecule has 1 heteroatoms. The monoisotopic (exact) mass is 143 g/mol. The molecule has 1 fully saturated rings. The molecule has 0 aliphatic carbocycles. The number of hydrogen-bond donors (Lipinski definition) is 0. The molecule has 2 atom stereocenters. The van der Waals surface area contributed by atoms with Gasteiger partial charge in [0.1, 0.15) is 0 Å². The molecule has 1 nitrogen and oxygen atoms in total. The Labute approximate surface area is 65.4 Å². The maximum Gasteiger partial charge on any atom is 0.0224 e. The molecule has 2 unspecified atom stereocenters. The minimum absolute atomic E-state index is 0.778. The van der Waals surface area contributed by atoms with Gasteiger partial charge in [0.15, 0.2) is 0 Å². The minimum atomic E-state index is 0.778. The van der Waals surface area contributed by atoms with Crippen molar-refractivity contribution < 1.29 is 0 Å². The second-order valence-electron chi connectivity index (χ2n) is 2.85. The zero-order valence-corrected chi connectivity index (χ0v) is 8.02. The van der Waals surface area contributed by atoms with Gasteiger partial charge in [0, 0.05) is 18.6 Å². The Bertz CT molecular complexity index is 78.8. The lowest BCUT2D eigenvalue weighted by Crippen LogP contribution is -2.11. The van der Waals surface area contributed by atoms with Crippen LogP contribution < -0.4 is 0 Å². The summed E-state index contributed by atoms with van der Waals surface area (Å²) in [5.41, 5.74) is 0. The van der Waals surface area contributed by atoms with Crippen LogP contribution in [-0.2, 0) is 0 Å². The molecule has 0 N–H and O–H groups in total. The predicted molar refractivity (Wildman–Crippen MR) is 47.3 cm³/mol. The van der Waals surface area contributed by atoms with Gasteiger partial charge in [-0.3, -0.25) is 4.90 Å². The van der Waals surface area contributed by atoms with Gasteiger partial charge < -0.3 is 0 Å². The lowest BCUT2D eigenvalue weighted by atomic mass is 10.3. The normalized spacial score (nSPS) is 29.4. The summed E-state index contributed by atoms with van der Waals surface area (Å²) in [7, 11) is 0. The molecular formula is C9H21N. The lowest BCUT2D eigenvalue weighted by Gasteiger charge is -2.04. The zero-order valence-electron chi connectivity index (χ0n) is 8.02. The van der Waals surface area contributed by atoms with Crippen LogP contribution in [0.2, 0.25) is 0 Å². The van der Waals surface area contributed by atoms with Gasteiger partial charge in [0.25, 0.3) is 0 Å². The van der Waals surface area contributed by atoms with E-state index in [1.807, 2.05) is 13.8 Å². The van der Waals surface area contributed by atoms with Crippen LogP contribution in [-0.4, -0.2) is 23.5 Å². The van der Waals surface area contributed by atoms with Crippen molar-refractivity contribution in [3.8, 4) is 0 Å². The van der Waals surface area contributed by atoms with Crippen molar-refractivity contribution in [2.45, 2.75) is 53.1 Å². The quantitative estimate of drug-likeness (QED) is 0.537. The van der Waals surface area contributed by atoms with Crippen LogP contribution >= 0.6 is 0 Å². The Hall–Kier alpha value is -0.0400. The summed E-state index contributed by atoms with van der Waals surface area (Å²) in [6, 6.07) is 1.70. The molecule has 1 saturated heterocycles. The molecule has 10 heavy (non-hydrogen) atoms. The van der Waals surface area contributed by atoms with Gasteiger partial charge in [0.2, 0.25) is 0 Å². The van der Waals surface area contributed by atoms with Crippen molar-refractivity contribution in [2.24, 2.45) is 0 Å². The maximum absolute atomic E-state index is 2.51. The van der Waals surface area contributed by atoms with Gasteiger partial charge in [-0.05, 0) is 20.3 Å². The third kappa shape index (κ3) is 2.70. The average Bonchev–Trinajstić information content (AvgIpc) is 2.70. The number of hydrogen-bond acceptors (Lipinski definition) is 1. The molecule has 0 aromatic rings. The van der Waals surface area contributed by atoms with Gasteiger partial charge in [-0.25, -0.2) is 0 Å². The second kappa shape index (κ2) is 4.73. The summed E-state index contributed by atoms with van der Waals surface area (Å²) in [6.07, 6.45) is 1.33. The van der Waals surface area contributed by atoms with E-state index in [9.17, 15) is 0 Å². The van der Waals surface area contributed by atoms with Gasteiger partial charge in [0.05, 0.1) is 0 Å². The summed E-state index contributed by atoms with van der Waals surface area (Å²) in [4.78, 5) is 2.51. The van der Waals surface area contributed by atoms with Crippen molar-refractivity contribution in [2.75, 3.05) is 6.54 Å². The summed E-state index contributed by atoms with van der Waals surface area (Å²) in [5, 5.41) is 0. The van der Waals surface area contributed by atoms with E-state index in [0.29, 0.717) is 0 Å². The van der Waals surface area contributed by atoms with Crippen molar-refractivity contribution in [3.63, 3.8) is 0 Å². The van der Waals surface area contributed by atoms with Crippen molar-refractivity contribution in [3.05, 3.63) is 0 Å². The van der Waals surface area contributed by atoms with Crippen molar-refractivity contribution in [1.29, 1.82) is 0 Å². The number of rotatable bonds is 2. The van der Waals surface area contributed by atoms with E-state index in [4.69, 9.17) is 0 Å². The molecule has 1 heterocycles. The highest BCUT2D eigenvalue weighted by molar-refractivity contribution is 4.89. The minimum Gasteiger partial charge on any atom is -0.295 e. The smallest absolute Gasteiger partial charge is 0.0224 e. The molecule has 1 aliphatic rings. The third-order valence-corrected chi connectivity index (χ3v) is 1.89. The molecule has 0 radical (unpaired) electrons. The standard InChI is InChI=1S/C7H15N.C2H6/c1-4-7-5-8(7)6(2)3;1-2/h6-7H,4-5H2,1-3H3;1-2H3. The zero-order chi connectivity index (χ0) is 8.15. The Kier molecular flexibility index (Phi) is 4.71. The van der Waals surface area contributed by atoms with Gasteiger partial charge >= 0.3 is 0 Å². The highest BCUT2D eigenvalue weighted by Crippen LogP contribution is 2.22. The average molecular weight is 143 g/mol. The van der Waals surface area contributed by atoms with Crippen LogP contribution in [0, 0.1) is 0 Å². The third-order valence-electron chi connectivity index (χ3n) is 1.89. The van der Waals surface area contributed by atoms with Crippen LogP contribution in [0.15, 0.2) is 0 Å². The topological polar surface area (TPSA) is 3.01 Å². The van der Waals surface area contributed by atoms with Crippen LogP contribution in [0.25, 0.3) is 0 Å². The highest BCUT2D eigenvalue weighted by Gasteiger charge is 2.33. The lowest BCUT2D eigenvalue weighted by molar-refractivity contribution is 0.417. The Balaban J connectivity index is 0.000000371. The van der Waals surface area contributed by atoms with E-state index in [1.54, 1.807) is 0 Å². The van der Waals surface area contributed by atoms with Crippen LogP contribution in [0.4, 0.5) is 0 Å². The molecular weight excluding hydrogens is 122 g/mol. The Morgan fingerprint density at radius 3 is 2.00 bits per heavy atom. The number of nitrogens with zero attached hydrogens (tertiary/aromatic N) is 1. The molecule has 1 aliphatic heterocycles. The van der Waals surface area contributed by atoms with Crippen LogP contribution in [0.3, 0.4) is 0 Å². The van der Waals surface area contributed by atoms with Crippen molar-refractivity contribution in [1.82, 2.24) is 4.90 Å². The van der Waals surface area contributed by atoms with Crippen molar-refractivity contribution >= 4 is 0 Å². The molecule has 0 amide bonds. The predicted octanol–water partition coefficient (Wildman–Crippen LogP) is 2.52. The van der Waals surface area contributed by atoms with E-state index in [2.05, 4.69) is 25.7 Å². The summed E-state index contributed by atoms with van der Waals surface area (Å²) >= 11 is 0. The first-order chi connectivity index (χ1) is 4.75. The molecule has 0 bridgehead atoms. The first-order valence-electron chi connectivity index (χ1n) is 4.51. The van der Waals surface area contributed by atoms with E-state index in [-0.39, 0.29) is 0 Å². The molecule has 1 rings (SSSR count). The van der Waals surface area contributed by atoms with E-state index in [0.717, 1.165) is 12.1 Å². The van der Waals surface area contributed by atoms with Gasteiger partial charge in [-0.2, -0.15) is 0 Å². The highest BCUT2D eigenvalue weighted by atomic mass is 15.3. The molecule has 0 spiro atoms. The van der Waals surface area contributed by atoms with E-state index < -0.39 is 0 Å². The summed E-state index contributed by atoms with van der Waals surface area (Å²) < 4.78 is 0. The summed E-state index contributed by atoms with van der Waals surface area (Å²) in [5.74, 6) is 0. The van der Waals surface area contributed by atoms with E-state index >= 15 is 0 Å². The van der Waals surface area contributed by atoms with E-state index in [1.165, 1.54) is 13.0 Å². The molecule has 0 aromatic carbocycles. The Morgan fingerprint density at radius 1 is 1.40 bits per heavy atom. The molecule has 62 valence electrons. The van der Waals surface area contributed by atoms with Crippen LogP contribution in [0.1, 0.15) is 41.0 Å². The fraction of sp³-hybridized carbons (Fsp3) is 1.00. The Morgan fingerprint density at radius 2 is 1.90 bits per heavy atom. The second-order valence-corrected chi connectivity index (χ2v) is 2.85. The summed E-state index contributed by atoms with van der Waals surface area (Å²) in [6.45, 7) is 12.1. The maximum atomic E-state index is 2.51. The van der Waals surface area contributed by atoms with Crippen LogP contribution in [0.5, 0.6) is 0 Å². The molecule has 0 saturated carbocycles. The molecule has 0 aromatic heterocycles. The first kappa shape index (κ1) is 9.96. The first-order valence-corrected chi connectivity index (χ1v) is 4.51.